The normalized spacial score (nSPS) is 10.8. The third-order valence-electron chi connectivity index (χ3n) is 3.89. The minimum absolute atomic E-state index is 0.0860. The molecular weight excluding hydrogens is 348 g/mol. The van der Waals surface area contributed by atoms with Crippen molar-refractivity contribution < 1.29 is 9.59 Å². The molecule has 0 saturated heterocycles. The van der Waals surface area contributed by atoms with E-state index in [1.807, 2.05) is 37.4 Å². The molecule has 26 heavy (non-hydrogen) atoms. The number of nitrogens with one attached hydrogen (secondary N) is 2. The summed E-state index contributed by atoms with van der Waals surface area (Å²) >= 11 is 1.19. The molecule has 2 N–H and O–H groups in total. The maximum atomic E-state index is 12.4. The quantitative estimate of drug-likeness (QED) is 0.701. The molecule has 0 fully saturated rings. The maximum absolute atomic E-state index is 12.4. The summed E-state index contributed by atoms with van der Waals surface area (Å²) in [6.45, 7) is 5.61. The van der Waals surface area contributed by atoms with Gasteiger partial charge in [0, 0.05) is 18.7 Å². The van der Waals surface area contributed by atoms with Gasteiger partial charge in [-0.15, -0.1) is 0 Å². The van der Waals surface area contributed by atoms with E-state index < -0.39 is 0 Å². The highest BCUT2D eigenvalue weighted by Crippen LogP contribution is 2.23. The molecule has 0 aliphatic rings. The molecule has 0 atom stereocenters. The summed E-state index contributed by atoms with van der Waals surface area (Å²) < 4.78 is 0. The number of anilines is 2. The molecule has 7 heteroatoms. The second-order valence-electron chi connectivity index (χ2n) is 6.21. The Morgan fingerprint density at radius 2 is 1.88 bits per heavy atom. The van der Waals surface area contributed by atoms with Crippen molar-refractivity contribution in [1.29, 1.82) is 0 Å². The van der Waals surface area contributed by atoms with E-state index in [1.165, 1.54) is 11.3 Å². The fourth-order valence-corrected chi connectivity index (χ4v) is 3.26. The van der Waals surface area contributed by atoms with Crippen LogP contribution in [-0.4, -0.2) is 41.8 Å². The Bertz CT molecular complexity index is 730. The molecule has 1 aromatic carbocycles. The molecule has 1 heterocycles. The molecule has 6 nitrogen and oxygen atoms in total. The van der Waals surface area contributed by atoms with Crippen molar-refractivity contribution >= 4 is 34.0 Å². The Labute approximate surface area is 158 Å². The van der Waals surface area contributed by atoms with Gasteiger partial charge in [0.2, 0.25) is 5.91 Å². The number of benzene rings is 1. The van der Waals surface area contributed by atoms with Gasteiger partial charge in [0.1, 0.15) is 4.88 Å². The summed E-state index contributed by atoms with van der Waals surface area (Å²) in [5.41, 5.74) is 1.34. The molecular formula is C19H26N4O2S. The monoisotopic (exact) mass is 374 g/mol. The van der Waals surface area contributed by atoms with Crippen LogP contribution in [0.5, 0.6) is 0 Å². The lowest BCUT2D eigenvalue weighted by Crippen LogP contribution is -2.25. The topological polar surface area (TPSA) is 74.3 Å². The third-order valence-corrected chi connectivity index (χ3v) is 4.97. The van der Waals surface area contributed by atoms with Crippen LogP contribution in [0.4, 0.5) is 10.8 Å². The average molecular weight is 375 g/mol. The van der Waals surface area contributed by atoms with Crippen molar-refractivity contribution in [3.8, 4) is 0 Å². The number of carbonyl (C=O) groups is 2. The summed E-state index contributed by atoms with van der Waals surface area (Å²) in [7, 11) is 2.02. The maximum Gasteiger partial charge on any atom is 0.267 e. The molecule has 2 aromatic rings. The van der Waals surface area contributed by atoms with E-state index >= 15 is 0 Å². The van der Waals surface area contributed by atoms with E-state index in [-0.39, 0.29) is 11.8 Å². The third kappa shape index (κ3) is 6.24. The lowest BCUT2D eigenvalue weighted by molar-refractivity contribution is -0.116. The van der Waals surface area contributed by atoms with Crippen LogP contribution < -0.4 is 10.6 Å². The van der Waals surface area contributed by atoms with Crippen LogP contribution in [0.2, 0.25) is 0 Å². The van der Waals surface area contributed by atoms with E-state index in [9.17, 15) is 9.59 Å². The van der Waals surface area contributed by atoms with E-state index in [1.54, 1.807) is 6.92 Å². The van der Waals surface area contributed by atoms with Crippen molar-refractivity contribution in [3.05, 3.63) is 40.9 Å². The van der Waals surface area contributed by atoms with Gasteiger partial charge >= 0.3 is 0 Å². The van der Waals surface area contributed by atoms with Crippen molar-refractivity contribution in [2.45, 2.75) is 33.1 Å². The summed E-state index contributed by atoms with van der Waals surface area (Å²) in [5, 5.41) is 6.09. The van der Waals surface area contributed by atoms with Crippen LogP contribution in [0.1, 0.15) is 41.6 Å². The molecule has 0 bridgehead atoms. The lowest BCUT2D eigenvalue weighted by Gasteiger charge is -2.15. The van der Waals surface area contributed by atoms with Gasteiger partial charge < -0.3 is 15.5 Å². The van der Waals surface area contributed by atoms with Crippen molar-refractivity contribution in [2.24, 2.45) is 0 Å². The molecule has 0 saturated carbocycles. The number of para-hydroxylation sites is 1. The highest BCUT2D eigenvalue weighted by atomic mass is 32.1. The molecule has 140 valence electrons. The summed E-state index contributed by atoms with van der Waals surface area (Å²) in [6.07, 6.45) is 2.68. The second kappa shape index (κ2) is 10.0. The number of nitrogens with zero attached hydrogens (tertiary/aromatic N) is 2. The Hall–Kier alpha value is -2.25. The molecule has 0 unspecified atom stereocenters. The smallest absolute Gasteiger partial charge is 0.267 e. The Morgan fingerprint density at radius 3 is 2.58 bits per heavy atom. The number of rotatable bonds is 9. The minimum atomic E-state index is -0.217. The molecule has 2 rings (SSSR count). The summed E-state index contributed by atoms with van der Waals surface area (Å²) in [5.74, 6) is -0.303. The van der Waals surface area contributed by atoms with Crippen LogP contribution in [0.25, 0.3) is 0 Å². The van der Waals surface area contributed by atoms with E-state index in [2.05, 4.69) is 27.4 Å². The average Bonchev–Trinajstić information content (AvgIpc) is 2.99. The molecule has 0 radical (unpaired) electrons. The zero-order valence-electron chi connectivity index (χ0n) is 15.5. The van der Waals surface area contributed by atoms with Gasteiger partial charge in [0.15, 0.2) is 5.13 Å². The van der Waals surface area contributed by atoms with Crippen LogP contribution in [-0.2, 0) is 4.79 Å². The van der Waals surface area contributed by atoms with Crippen molar-refractivity contribution in [1.82, 2.24) is 9.88 Å². The highest BCUT2D eigenvalue weighted by Gasteiger charge is 2.17. The fourth-order valence-electron chi connectivity index (χ4n) is 2.38. The zero-order chi connectivity index (χ0) is 18.9. The largest absolute Gasteiger partial charge is 0.321 e. The number of unbranched alkanes of at least 4 members (excludes halogenated alkanes) is 1. The molecule has 2 amide bonds. The van der Waals surface area contributed by atoms with Gasteiger partial charge in [-0.25, -0.2) is 4.98 Å². The van der Waals surface area contributed by atoms with Crippen molar-refractivity contribution in [3.63, 3.8) is 0 Å². The highest BCUT2D eigenvalue weighted by molar-refractivity contribution is 7.17. The first-order valence-corrected chi connectivity index (χ1v) is 9.63. The minimum Gasteiger partial charge on any atom is -0.321 e. The first-order valence-electron chi connectivity index (χ1n) is 8.81. The van der Waals surface area contributed by atoms with Gasteiger partial charge in [-0.1, -0.05) is 42.9 Å². The predicted octanol–water partition coefficient (Wildman–Crippen LogP) is 3.76. The number of hydrogen-bond donors (Lipinski definition) is 2. The summed E-state index contributed by atoms with van der Waals surface area (Å²) in [4.78, 5) is 31.4. The van der Waals surface area contributed by atoms with Gasteiger partial charge in [-0.3, -0.25) is 9.59 Å². The molecule has 0 aliphatic carbocycles. The molecule has 1 aromatic heterocycles. The second-order valence-corrected chi connectivity index (χ2v) is 7.21. The predicted molar refractivity (Wildman–Crippen MR) is 107 cm³/mol. The van der Waals surface area contributed by atoms with Gasteiger partial charge in [-0.2, -0.15) is 0 Å². The number of thiazole rings is 1. The molecule has 0 aliphatic heterocycles. The van der Waals surface area contributed by atoms with E-state index in [0.29, 0.717) is 28.7 Å². The standard InChI is InChI=1S/C19H26N4O2S/c1-4-5-12-23(3)13-11-16(24)22-19-20-14(2)17(26-19)18(25)21-15-9-7-6-8-10-15/h6-10H,4-5,11-13H2,1-3H3,(H,21,25)(H,20,22,24). The van der Waals surface area contributed by atoms with Gasteiger partial charge in [-0.05, 0) is 39.1 Å². The number of hydrogen-bond acceptors (Lipinski definition) is 5. The lowest BCUT2D eigenvalue weighted by atomic mass is 10.3. The Morgan fingerprint density at radius 1 is 1.15 bits per heavy atom. The Balaban J connectivity index is 1.88. The Kier molecular flexibility index (Phi) is 7.74. The van der Waals surface area contributed by atoms with E-state index in [0.717, 1.165) is 25.1 Å². The van der Waals surface area contributed by atoms with Crippen LogP contribution in [0, 0.1) is 6.92 Å². The van der Waals surface area contributed by atoms with Crippen molar-refractivity contribution in [2.75, 3.05) is 30.8 Å². The van der Waals surface area contributed by atoms with Crippen LogP contribution >= 0.6 is 11.3 Å². The number of aromatic nitrogens is 1. The first-order chi connectivity index (χ1) is 12.5. The zero-order valence-corrected chi connectivity index (χ0v) is 16.4. The SMILES string of the molecule is CCCCN(C)CCC(=O)Nc1nc(C)c(C(=O)Nc2ccccc2)s1. The van der Waals surface area contributed by atoms with Crippen LogP contribution in [0.3, 0.4) is 0 Å². The number of aryl methyl sites for hydroxylation is 1. The van der Waals surface area contributed by atoms with Crippen LogP contribution in [0.15, 0.2) is 30.3 Å². The van der Waals surface area contributed by atoms with Gasteiger partial charge in [0.05, 0.1) is 5.69 Å². The number of carbonyl (C=O) groups excluding carboxylic acids is 2. The van der Waals surface area contributed by atoms with E-state index in [4.69, 9.17) is 0 Å². The number of amides is 2. The fraction of sp³-hybridized carbons (Fsp3) is 0.421. The summed E-state index contributed by atoms with van der Waals surface area (Å²) in [6, 6.07) is 9.26. The molecule has 0 spiro atoms. The first kappa shape index (κ1) is 20.1. The van der Waals surface area contributed by atoms with Gasteiger partial charge in [0.25, 0.3) is 5.91 Å².